The van der Waals surface area contributed by atoms with Crippen molar-refractivity contribution in [3.05, 3.63) is 72.8 Å². The van der Waals surface area contributed by atoms with Crippen LogP contribution in [0.5, 0.6) is 0 Å². The zero-order valence-electron chi connectivity index (χ0n) is 13.7. The Bertz CT molecular complexity index is 784. The van der Waals surface area contributed by atoms with Gasteiger partial charge in [-0.2, -0.15) is 5.10 Å². The molecule has 0 fully saturated rings. The molecule has 0 spiro atoms. The lowest BCUT2D eigenvalue weighted by molar-refractivity contribution is -0.130. The van der Waals surface area contributed by atoms with Crippen LogP contribution in [-0.2, 0) is 17.9 Å². The minimum absolute atomic E-state index is 0.0911. The number of amides is 1. The highest BCUT2D eigenvalue weighted by Gasteiger charge is 2.12. The van der Waals surface area contributed by atoms with Crippen molar-refractivity contribution in [2.75, 3.05) is 7.05 Å². The predicted molar refractivity (Wildman–Crippen MR) is 93.0 cm³/mol. The summed E-state index contributed by atoms with van der Waals surface area (Å²) in [7, 11) is 1.84. The molecule has 0 saturated heterocycles. The van der Waals surface area contributed by atoms with Crippen LogP contribution in [0.4, 0.5) is 0 Å². The summed E-state index contributed by atoms with van der Waals surface area (Å²) in [5.41, 5.74) is 3.46. The van der Waals surface area contributed by atoms with E-state index in [1.54, 1.807) is 15.9 Å². The summed E-state index contributed by atoms with van der Waals surface area (Å²) >= 11 is 0. The number of aromatic nitrogens is 3. The fraction of sp³-hybridized carbons (Fsp3) is 0.211. The Morgan fingerprint density at radius 2 is 1.83 bits per heavy atom. The maximum Gasteiger partial charge on any atom is 0.224 e. The molecule has 0 radical (unpaired) electrons. The fourth-order valence-corrected chi connectivity index (χ4v) is 2.65. The normalized spacial score (nSPS) is 10.5. The maximum absolute atomic E-state index is 12.4. The van der Waals surface area contributed by atoms with E-state index < -0.39 is 0 Å². The van der Waals surface area contributed by atoms with Crippen molar-refractivity contribution in [3.63, 3.8) is 0 Å². The van der Waals surface area contributed by atoms with Crippen molar-refractivity contribution in [1.82, 2.24) is 19.7 Å². The van der Waals surface area contributed by atoms with Crippen molar-refractivity contribution in [1.29, 1.82) is 0 Å². The van der Waals surface area contributed by atoms with Crippen LogP contribution in [0.1, 0.15) is 12.0 Å². The lowest BCUT2D eigenvalue weighted by atomic mass is 9.99. The van der Waals surface area contributed by atoms with E-state index in [1.165, 1.54) is 6.33 Å². The van der Waals surface area contributed by atoms with Gasteiger partial charge in [0.05, 0.1) is 6.54 Å². The van der Waals surface area contributed by atoms with Crippen LogP contribution >= 0.6 is 0 Å². The Kier molecular flexibility index (Phi) is 5.01. The predicted octanol–water partition coefficient (Wildman–Crippen LogP) is 2.99. The number of hydrogen-bond donors (Lipinski definition) is 0. The van der Waals surface area contributed by atoms with Gasteiger partial charge >= 0.3 is 0 Å². The van der Waals surface area contributed by atoms with Crippen molar-refractivity contribution in [2.24, 2.45) is 0 Å². The van der Waals surface area contributed by atoms with Gasteiger partial charge in [0.15, 0.2) is 0 Å². The van der Waals surface area contributed by atoms with E-state index in [0.717, 1.165) is 16.7 Å². The second-order valence-corrected chi connectivity index (χ2v) is 5.68. The highest BCUT2D eigenvalue weighted by atomic mass is 16.2. The number of rotatable bonds is 6. The van der Waals surface area contributed by atoms with Crippen LogP contribution < -0.4 is 0 Å². The van der Waals surface area contributed by atoms with Crippen LogP contribution in [-0.4, -0.2) is 32.6 Å². The van der Waals surface area contributed by atoms with Crippen LogP contribution in [0, 0.1) is 0 Å². The Balaban J connectivity index is 1.68. The van der Waals surface area contributed by atoms with Gasteiger partial charge in [0.2, 0.25) is 5.91 Å². The number of carbonyl (C=O) groups is 1. The molecule has 1 aromatic heterocycles. The van der Waals surface area contributed by atoms with Gasteiger partial charge in [0.1, 0.15) is 12.7 Å². The molecule has 24 heavy (non-hydrogen) atoms. The topological polar surface area (TPSA) is 51.0 Å². The van der Waals surface area contributed by atoms with E-state index in [4.69, 9.17) is 0 Å². The molecule has 2 aromatic carbocycles. The van der Waals surface area contributed by atoms with E-state index in [2.05, 4.69) is 34.3 Å². The molecule has 0 N–H and O–H groups in total. The molecule has 0 atom stereocenters. The first-order chi connectivity index (χ1) is 11.7. The van der Waals surface area contributed by atoms with E-state index in [1.807, 2.05) is 37.4 Å². The van der Waals surface area contributed by atoms with Gasteiger partial charge in [-0.15, -0.1) is 0 Å². The third kappa shape index (κ3) is 3.87. The molecular formula is C19H20N4O. The number of carbonyl (C=O) groups excluding carboxylic acids is 1. The summed E-state index contributed by atoms with van der Waals surface area (Å²) in [4.78, 5) is 18.0. The number of benzene rings is 2. The largest absolute Gasteiger partial charge is 0.341 e. The summed E-state index contributed by atoms with van der Waals surface area (Å²) in [5.74, 6) is 0.0911. The van der Waals surface area contributed by atoms with Gasteiger partial charge in [0, 0.05) is 20.0 Å². The minimum Gasteiger partial charge on any atom is -0.341 e. The maximum atomic E-state index is 12.4. The average molecular weight is 320 g/mol. The summed E-state index contributed by atoms with van der Waals surface area (Å²) in [6.45, 7) is 1.13. The molecule has 5 heteroatoms. The number of aryl methyl sites for hydroxylation is 1. The zero-order valence-corrected chi connectivity index (χ0v) is 13.7. The average Bonchev–Trinajstić information content (AvgIpc) is 3.14. The molecule has 5 nitrogen and oxygen atoms in total. The van der Waals surface area contributed by atoms with Crippen LogP contribution in [0.3, 0.4) is 0 Å². The summed E-state index contributed by atoms with van der Waals surface area (Å²) in [6, 6.07) is 18.4. The van der Waals surface area contributed by atoms with E-state index >= 15 is 0 Å². The molecule has 0 aliphatic heterocycles. The molecule has 0 aliphatic rings. The summed E-state index contributed by atoms with van der Waals surface area (Å²) in [6.07, 6.45) is 3.51. The second-order valence-electron chi connectivity index (χ2n) is 5.68. The van der Waals surface area contributed by atoms with Gasteiger partial charge in [-0.1, -0.05) is 54.6 Å². The summed E-state index contributed by atoms with van der Waals surface area (Å²) < 4.78 is 1.67. The van der Waals surface area contributed by atoms with E-state index in [0.29, 0.717) is 19.5 Å². The van der Waals surface area contributed by atoms with Crippen LogP contribution in [0.25, 0.3) is 11.1 Å². The molecule has 3 aromatic rings. The van der Waals surface area contributed by atoms with Crippen molar-refractivity contribution in [3.8, 4) is 11.1 Å². The van der Waals surface area contributed by atoms with Gasteiger partial charge in [-0.25, -0.2) is 4.98 Å². The van der Waals surface area contributed by atoms with Crippen molar-refractivity contribution < 1.29 is 4.79 Å². The van der Waals surface area contributed by atoms with Gasteiger partial charge in [-0.05, 0) is 16.7 Å². The molecule has 0 aliphatic carbocycles. The van der Waals surface area contributed by atoms with Gasteiger partial charge in [-0.3, -0.25) is 9.48 Å². The first-order valence-electron chi connectivity index (χ1n) is 7.94. The second kappa shape index (κ2) is 7.55. The quantitative estimate of drug-likeness (QED) is 0.701. The molecule has 122 valence electrons. The Morgan fingerprint density at radius 1 is 1.08 bits per heavy atom. The first-order valence-corrected chi connectivity index (χ1v) is 7.94. The SMILES string of the molecule is CN(Cc1ccccc1-c1ccccc1)C(=O)CCn1cncn1. The number of nitrogens with zero attached hydrogens (tertiary/aromatic N) is 4. The van der Waals surface area contributed by atoms with Crippen molar-refractivity contribution >= 4 is 5.91 Å². The summed E-state index contributed by atoms with van der Waals surface area (Å²) in [5, 5.41) is 4.02. The highest BCUT2D eigenvalue weighted by Crippen LogP contribution is 2.24. The Morgan fingerprint density at radius 3 is 2.58 bits per heavy atom. The standard InChI is InChI=1S/C19H20N4O/c1-22(19(24)11-12-23-15-20-14-21-23)13-17-9-5-6-10-18(17)16-7-3-2-4-8-16/h2-10,14-15H,11-13H2,1H3. The Labute approximate surface area is 141 Å². The van der Waals surface area contributed by atoms with E-state index in [-0.39, 0.29) is 5.91 Å². The first kappa shape index (κ1) is 15.9. The van der Waals surface area contributed by atoms with E-state index in [9.17, 15) is 4.79 Å². The van der Waals surface area contributed by atoms with Crippen LogP contribution in [0.2, 0.25) is 0 Å². The van der Waals surface area contributed by atoms with Gasteiger partial charge in [0.25, 0.3) is 0 Å². The molecule has 3 rings (SSSR count). The molecule has 0 bridgehead atoms. The fourth-order valence-electron chi connectivity index (χ4n) is 2.65. The molecular weight excluding hydrogens is 300 g/mol. The van der Waals surface area contributed by atoms with Crippen molar-refractivity contribution in [2.45, 2.75) is 19.5 Å². The smallest absolute Gasteiger partial charge is 0.224 e. The third-order valence-corrected chi connectivity index (χ3v) is 3.96. The highest BCUT2D eigenvalue weighted by molar-refractivity contribution is 5.76. The third-order valence-electron chi connectivity index (χ3n) is 3.96. The minimum atomic E-state index is 0.0911. The Hall–Kier alpha value is -2.95. The molecule has 1 amide bonds. The van der Waals surface area contributed by atoms with Crippen LogP contribution in [0.15, 0.2) is 67.3 Å². The molecule has 0 saturated carbocycles. The molecule has 0 unspecified atom stereocenters. The molecule has 1 heterocycles. The number of hydrogen-bond acceptors (Lipinski definition) is 3. The lowest BCUT2D eigenvalue weighted by Gasteiger charge is -2.19. The monoisotopic (exact) mass is 320 g/mol. The lowest BCUT2D eigenvalue weighted by Crippen LogP contribution is -2.27. The zero-order chi connectivity index (χ0) is 16.8. The van der Waals surface area contributed by atoms with Gasteiger partial charge < -0.3 is 4.90 Å².